The standard InChI is InChI=1S/C14H18ClN3/c1-3-13-16-17-14(15)18(13)11(2)9-10-12-7-5-4-6-8-12/h4-8,11H,3,9-10H2,1-2H3. The highest BCUT2D eigenvalue weighted by Gasteiger charge is 2.14. The van der Waals surface area contributed by atoms with Gasteiger partial charge in [0, 0.05) is 12.5 Å². The zero-order chi connectivity index (χ0) is 13.0. The summed E-state index contributed by atoms with van der Waals surface area (Å²) in [7, 11) is 0. The molecule has 0 spiro atoms. The average molecular weight is 264 g/mol. The van der Waals surface area contributed by atoms with Gasteiger partial charge in [0.15, 0.2) is 0 Å². The van der Waals surface area contributed by atoms with Gasteiger partial charge < -0.3 is 0 Å². The van der Waals surface area contributed by atoms with Gasteiger partial charge in [-0.2, -0.15) is 0 Å². The fourth-order valence-electron chi connectivity index (χ4n) is 2.13. The Labute approximate surface area is 113 Å². The predicted molar refractivity (Wildman–Crippen MR) is 73.9 cm³/mol. The normalized spacial score (nSPS) is 12.6. The van der Waals surface area contributed by atoms with Crippen LogP contribution in [0, 0.1) is 0 Å². The smallest absolute Gasteiger partial charge is 0.225 e. The lowest BCUT2D eigenvalue weighted by molar-refractivity contribution is 0.490. The van der Waals surface area contributed by atoms with E-state index >= 15 is 0 Å². The van der Waals surface area contributed by atoms with Gasteiger partial charge in [-0.15, -0.1) is 10.2 Å². The van der Waals surface area contributed by atoms with Crippen molar-refractivity contribution in [3.63, 3.8) is 0 Å². The van der Waals surface area contributed by atoms with E-state index in [-0.39, 0.29) is 0 Å². The maximum Gasteiger partial charge on any atom is 0.225 e. The van der Waals surface area contributed by atoms with Crippen LogP contribution in [-0.4, -0.2) is 14.8 Å². The molecule has 2 rings (SSSR count). The first-order valence-corrected chi connectivity index (χ1v) is 6.73. The number of hydrogen-bond acceptors (Lipinski definition) is 2. The molecule has 0 saturated carbocycles. The quantitative estimate of drug-likeness (QED) is 0.824. The van der Waals surface area contributed by atoms with Gasteiger partial charge in [0.1, 0.15) is 5.82 Å². The van der Waals surface area contributed by atoms with E-state index in [1.54, 1.807) is 0 Å². The van der Waals surface area contributed by atoms with E-state index in [1.807, 2.05) is 10.6 Å². The number of aromatic nitrogens is 3. The zero-order valence-electron chi connectivity index (χ0n) is 10.8. The Morgan fingerprint density at radius 3 is 2.61 bits per heavy atom. The Balaban J connectivity index is 2.03. The van der Waals surface area contributed by atoms with Crippen molar-refractivity contribution in [1.82, 2.24) is 14.8 Å². The molecule has 0 amide bonds. The number of halogens is 1. The Kier molecular flexibility index (Phi) is 4.37. The van der Waals surface area contributed by atoms with Crippen molar-refractivity contribution in [1.29, 1.82) is 0 Å². The summed E-state index contributed by atoms with van der Waals surface area (Å²) < 4.78 is 2.03. The van der Waals surface area contributed by atoms with Gasteiger partial charge in [0.25, 0.3) is 0 Å². The van der Waals surface area contributed by atoms with Gasteiger partial charge in [0.05, 0.1) is 0 Å². The molecular weight excluding hydrogens is 246 g/mol. The SMILES string of the molecule is CCc1nnc(Cl)n1C(C)CCc1ccccc1. The average Bonchev–Trinajstić information content (AvgIpc) is 2.78. The molecule has 4 heteroatoms. The van der Waals surface area contributed by atoms with E-state index in [1.165, 1.54) is 5.56 Å². The van der Waals surface area contributed by atoms with Gasteiger partial charge in [-0.05, 0) is 36.9 Å². The Morgan fingerprint density at radius 1 is 1.22 bits per heavy atom. The summed E-state index contributed by atoms with van der Waals surface area (Å²) in [6, 6.07) is 10.8. The Hall–Kier alpha value is -1.35. The lowest BCUT2D eigenvalue weighted by atomic mass is 10.1. The van der Waals surface area contributed by atoms with E-state index in [9.17, 15) is 0 Å². The summed E-state index contributed by atoms with van der Waals surface area (Å²) in [4.78, 5) is 0. The number of rotatable bonds is 5. The minimum Gasteiger partial charge on any atom is -0.299 e. The molecule has 0 saturated heterocycles. The van der Waals surface area contributed by atoms with Gasteiger partial charge >= 0.3 is 0 Å². The van der Waals surface area contributed by atoms with Crippen LogP contribution in [0.15, 0.2) is 30.3 Å². The van der Waals surface area contributed by atoms with Gasteiger partial charge in [-0.3, -0.25) is 4.57 Å². The van der Waals surface area contributed by atoms with Crippen LogP contribution < -0.4 is 0 Å². The fourth-order valence-corrected chi connectivity index (χ4v) is 2.43. The van der Waals surface area contributed by atoms with Crippen molar-refractivity contribution in [3.8, 4) is 0 Å². The zero-order valence-corrected chi connectivity index (χ0v) is 11.6. The number of hydrogen-bond donors (Lipinski definition) is 0. The molecule has 1 atom stereocenters. The monoisotopic (exact) mass is 263 g/mol. The Morgan fingerprint density at radius 2 is 1.94 bits per heavy atom. The second kappa shape index (κ2) is 6.01. The summed E-state index contributed by atoms with van der Waals surface area (Å²) in [5.41, 5.74) is 1.35. The van der Waals surface area contributed by atoms with Crippen LogP contribution in [0.3, 0.4) is 0 Å². The second-order valence-corrected chi connectivity index (χ2v) is 4.82. The molecule has 2 aromatic rings. The minimum absolute atomic E-state index is 0.322. The topological polar surface area (TPSA) is 30.7 Å². The van der Waals surface area contributed by atoms with Crippen LogP contribution in [0.5, 0.6) is 0 Å². The largest absolute Gasteiger partial charge is 0.299 e. The third kappa shape index (κ3) is 2.91. The highest BCUT2D eigenvalue weighted by Crippen LogP contribution is 2.21. The van der Waals surface area contributed by atoms with Crippen LogP contribution in [0.4, 0.5) is 0 Å². The first kappa shape index (κ1) is 13.1. The van der Waals surface area contributed by atoms with Crippen molar-refractivity contribution in [2.75, 3.05) is 0 Å². The van der Waals surface area contributed by atoms with E-state index in [0.29, 0.717) is 11.3 Å². The highest BCUT2D eigenvalue weighted by atomic mass is 35.5. The molecule has 1 heterocycles. The molecule has 0 bridgehead atoms. The lowest BCUT2D eigenvalue weighted by Crippen LogP contribution is -2.10. The predicted octanol–water partition coefficient (Wildman–Crippen LogP) is 3.69. The van der Waals surface area contributed by atoms with Crippen molar-refractivity contribution in [2.24, 2.45) is 0 Å². The first-order chi connectivity index (χ1) is 8.72. The summed E-state index contributed by atoms with van der Waals surface area (Å²) in [5, 5.41) is 8.53. The third-order valence-electron chi connectivity index (χ3n) is 3.18. The molecule has 0 N–H and O–H groups in total. The molecule has 0 radical (unpaired) electrons. The number of nitrogens with zero attached hydrogens (tertiary/aromatic N) is 3. The molecule has 0 aliphatic heterocycles. The molecule has 96 valence electrons. The summed E-state index contributed by atoms with van der Waals surface area (Å²) in [6.45, 7) is 4.23. The molecule has 0 aliphatic rings. The molecule has 3 nitrogen and oxygen atoms in total. The van der Waals surface area contributed by atoms with Crippen molar-refractivity contribution < 1.29 is 0 Å². The summed E-state index contributed by atoms with van der Waals surface area (Å²) in [6.07, 6.45) is 2.93. The van der Waals surface area contributed by atoms with Crippen LogP contribution in [-0.2, 0) is 12.8 Å². The van der Waals surface area contributed by atoms with E-state index in [0.717, 1.165) is 25.1 Å². The van der Waals surface area contributed by atoms with Crippen LogP contribution >= 0.6 is 11.6 Å². The maximum atomic E-state index is 6.09. The molecular formula is C14H18ClN3. The minimum atomic E-state index is 0.322. The van der Waals surface area contributed by atoms with Crippen molar-refractivity contribution in [3.05, 3.63) is 47.0 Å². The molecule has 0 fully saturated rings. The third-order valence-corrected chi connectivity index (χ3v) is 3.43. The number of aryl methyl sites for hydroxylation is 2. The van der Waals surface area contributed by atoms with Crippen LogP contribution in [0.1, 0.15) is 37.7 Å². The summed E-state index contributed by atoms with van der Waals surface area (Å²) >= 11 is 6.09. The summed E-state index contributed by atoms with van der Waals surface area (Å²) in [5.74, 6) is 0.959. The first-order valence-electron chi connectivity index (χ1n) is 6.35. The Bertz CT molecular complexity index is 493. The highest BCUT2D eigenvalue weighted by molar-refractivity contribution is 6.28. The van der Waals surface area contributed by atoms with E-state index < -0.39 is 0 Å². The maximum absolute atomic E-state index is 6.09. The number of benzene rings is 1. The van der Waals surface area contributed by atoms with Crippen LogP contribution in [0.25, 0.3) is 0 Å². The fraction of sp³-hybridized carbons (Fsp3) is 0.429. The van der Waals surface area contributed by atoms with E-state index in [4.69, 9.17) is 11.6 Å². The molecule has 1 unspecified atom stereocenters. The van der Waals surface area contributed by atoms with Crippen molar-refractivity contribution in [2.45, 2.75) is 39.2 Å². The molecule has 1 aromatic carbocycles. The van der Waals surface area contributed by atoms with Gasteiger partial charge in [0.2, 0.25) is 5.28 Å². The van der Waals surface area contributed by atoms with Gasteiger partial charge in [-0.25, -0.2) is 0 Å². The molecule has 1 aromatic heterocycles. The molecule has 18 heavy (non-hydrogen) atoms. The van der Waals surface area contributed by atoms with Gasteiger partial charge in [-0.1, -0.05) is 37.3 Å². The molecule has 0 aliphatic carbocycles. The van der Waals surface area contributed by atoms with Crippen molar-refractivity contribution >= 4 is 11.6 Å². The van der Waals surface area contributed by atoms with E-state index in [2.05, 4.69) is 48.3 Å². The lowest BCUT2D eigenvalue weighted by Gasteiger charge is -2.15. The van der Waals surface area contributed by atoms with Crippen LogP contribution in [0.2, 0.25) is 5.28 Å². The second-order valence-electron chi connectivity index (χ2n) is 4.48.